The molecule has 31 heavy (non-hydrogen) atoms. The quantitative estimate of drug-likeness (QED) is 0.599. The molecule has 0 bridgehead atoms. The normalized spacial score (nSPS) is 14.2. The Morgan fingerprint density at radius 2 is 1.68 bits per heavy atom. The SMILES string of the molecule is COc1ccc(-c2cnc(Nc3cccc(NC(=O)N4CCC(C)CC4)c3)nc2)cc1. The van der Waals surface area contributed by atoms with Gasteiger partial charge >= 0.3 is 6.03 Å². The lowest BCUT2D eigenvalue weighted by Crippen LogP contribution is -2.40. The van der Waals surface area contributed by atoms with Crippen LogP contribution in [0.2, 0.25) is 0 Å². The number of hydrogen-bond acceptors (Lipinski definition) is 5. The molecule has 3 aromatic rings. The van der Waals surface area contributed by atoms with Crippen molar-refractivity contribution in [1.82, 2.24) is 14.9 Å². The molecular weight excluding hydrogens is 390 g/mol. The first-order valence-corrected chi connectivity index (χ1v) is 10.5. The van der Waals surface area contributed by atoms with Crippen molar-refractivity contribution in [3.63, 3.8) is 0 Å². The maximum absolute atomic E-state index is 12.5. The van der Waals surface area contributed by atoms with Crippen molar-refractivity contribution in [2.75, 3.05) is 30.8 Å². The van der Waals surface area contributed by atoms with Crippen molar-refractivity contribution >= 4 is 23.4 Å². The van der Waals surface area contributed by atoms with E-state index >= 15 is 0 Å². The standard InChI is InChI=1S/C24H27N5O2/c1-17-10-12-29(13-11-17)24(30)28-21-5-3-4-20(14-21)27-23-25-15-19(16-26-23)18-6-8-22(31-2)9-7-18/h3-9,14-17H,10-13H2,1-2H3,(H,28,30)(H,25,26,27). The van der Waals surface area contributed by atoms with Crippen LogP contribution in [0.25, 0.3) is 11.1 Å². The average molecular weight is 418 g/mol. The molecule has 0 spiro atoms. The minimum absolute atomic E-state index is 0.0517. The second-order valence-corrected chi connectivity index (χ2v) is 7.83. The van der Waals surface area contributed by atoms with Gasteiger partial charge in [0, 0.05) is 42.4 Å². The zero-order valence-corrected chi connectivity index (χ0v) is 17.8. The van der Waals surface area contributed by atoms with E-state index in [1.165, 1.54) is 0 Å². The number of urea groups is 1. The molecule has 160 valence electrons. The lowest BCUT2D eigenvalue weighted by Gasteiger charge is -2.30. The third-order valence-electron chi connectivity index (χ3n) is 5.52. The van der Waals surface area contributed by atoms with Gasteiger partial charge in [0.05, 0.1) is 7.11 Å². The first-order chi connectivity index (χ1) is 15.1. The fourth-order valence-electron chi connectivity index (χ4n) is 3.54. The molecule has 0 unspecified atom stereocenters. The zero-order valence-electron chi connectivity index (χ0n) is 17.8. The van der Waals surface area contributed by atoms with E-state index in [1.54, 1.807) is 19.5 Å². The van der Waals surface area contributed by atoms with Crippen LogP contribution in [-0.4, -0.2) is 41.1 Å². The van der Waals surface area contributed by atoms with Crippen LogP contribution >= 0.6 is 0 Å². The number of ether oxygens (including phenoxy) is 1. The van der Waals surface area contributed by atoms with Crippen LogP contribution in [0.15, 0.2) is 60.9 Å². The molecule has 1 aliphatic rings. The molecular formula is C24H27N5O2. The minimum Gasteiger partial charge on any atom is -0.497 e. The summed E-state index contributed by atoms with van der Waals surface area (Å²) in [6, 6.07) is 15.3. The number of hydrogen-bond donors (Lipinski definition) is 2. The van der Waals surface area contributed by atoms with Gasteiger partial charge in [0.1, 0.15) is 5.75 Å². The molecule has 2 N–H and O–H groups in total. The molecule has 4 rings (SSSR count). The van der Waals surface area contributed by atoms with Gasteiger partial charge in [-0.2, -0.15) is 0 Å². The highest BCUT2D eigenvalue weighted by atomic mass is 16.5. The summed E-state index contributed by atoms with van der Waals surface area (Å²) < 4.78 is 5.19. The number of methoxy groups -OCH3 is 1. The Morgan fingerprint density at radius 3 is 2.35 bits per heavy atom. The van der Waals surface area contributed by atoms with Gasteiger partial charge in [0.2, 0.25) is 5.95 Å². The lowest BCUT2D eigenvalue weighted by atomic mass is 10.00. The van der Waals surface area contributed by atoms with Gasteiger partial charge in [-0.15, -0.1) is 0 Å². The number of amides is 2. The molecule has 2 amide bonds. The molecule has 1 fully saturated rings. The Kier molecular flexibility index (Phi) is 6.31. The molecule has 0 aliphatic carbocycles. The molecule has 7 nitrogen and oxygen atoms in total. The van der Waals surface area contributed by atoms with Gasteiger partial charge in [-0.05, 0) is 54.7 Å². The summed E-state index contributed by atoms with van der Waals surface area (Å²) in [7, 11) is 1.65. The number of anilines is 3. The molecule has 2 aromatic carbocycles. The van der Waals surface area contributed by atoms with Crippen LogP contribution in [0, 0.1) is 5.92 Å². The molecule has 1 saturated heterocycles. The van der Waals surface area contributed by atoms with Gasteiger partial charge in [0.25, 0.3) is 0 Å². The first kappa shape index (κ1) is 20.7. The Hall–Kier alpha value is -3.61. The minimum atomic E-state index is -0.0517. The van der Waals surface area contributed by atoms with E-state index < -0.39 is 0 Å². The van der Waals surface area contributed by atoms with Crippen LogP contribution in [0.4, 0.5) is 22.1 Å². The van der Waals surface area contributed by atoms with Crippen molar-refractivity contribution in [1.29, 1.82) is 0 Å². The zero-order chi connectivity index (χ0) is 21.6. The Balaban J connectivity index is 1.38. The summed E-state index contributed by atoms with van der Waals surface area (Å²) in [5.41, 5.74) is 3.49. The molecule has 0 radical (unpaired) electrons. The highest BCUT2D eigenvalue weighted by Crippen LogP contribution is 2.23. The largest absolute Gasteiger partial charge is 0.497 e. The number of nitrogens with one attached hydrogen (secondary N) is 2. The molecule has 2 heterocycles. The summed E-state index contributed by atoms with van der Waals surface area (Å²) >= 11 is 0. The first-order valence-electron chi connectivity index (χ1n) is 10.5. The number of carbonyl (C=O) groups excluding carboxylic acids is 1. The number of carbonyl (C=O) groups is 1. The maximum Gasteiger partial charge on any atom is 0.321 e. The van der Waals surface area contributed by atoms with Gasteiger partial charge < -0.3 is 20.3 Å². The van der Waals surface area contributed by atoms with Crippen molar-refractivity contribution in [2.24, 2.45) is 5.92 Å². The van der Waals surface area contributed by atoms with E-state index in [9.17, 15) is 4.79 Å². The highest BCUT2D eigenvalue weighted by molar-refractivity contribution is 5.90. The molecule has 1 aromatic heterocycles. The second-order valence-electron chi connectivity index (χ2n) is 7.83. The fraction of sp³-hybridized carbons (Fsp3) is 0.292. The number of benzene rings is 2. The molecule has 0 atom stereocenters. The summed E-state index contributed by atoms with van der Waals surface area (Å²) in [4.78, 5) is 23.2. The number of likely N-dealkylation sites (tertiary alicyclic amines) is 1. The molecule has 0 saturated carbocycles. The van der Waals surface area contributed by atoms with Crippen LogP contribution in [0.1, 0.15) is 19.8 Å². The van der Waals surface area contributed by atoms with Crippen molar-refractivity contribution in [2.45, 2.75) is 19.8 Å². The summed E-state index contributed by atoms with van der Waals surface area (Å²) in [6.07, 6.45) is 5.66. The topological polar surface area (TPSA) is 79.4 Å². The van der Waals surface area contributed by atoms with Crippen LogP contribution in [0.3, 0.4) is 0 Å². The van der Waals surface area contributed by atoms with Crippen LogP contribution in [0.5, 0.6) is 5.75 Å². The number of rotatable bonds is 5. The monoisotopic (exact) mass is 417 g/mol. The van der Waals surface area contributed by atoms with Crippen molar-refractivity contribution < 1.29 is 9.53 Å². The Morgan fingerprint density at radius 1 is 1.00 bits per heavy atom. The van der Waals surface area contributed by atoms with E-state index in [-0.39, 0.29) is 6.03 Å². The van der Waals surface area contributed by atoms with Gasteiger partial charge in [-0.1, -0.05) is 25.1 Å². The average Bonchev–Trinajstić information content (AvgIpc) is 2.80. The third-order valence-corrected chi connectivity index (χ3v) is 5.52. The summed E-state index contributed by atoms with van der Waals surface area (Å²) in [5, 5.41) is 6.18. The lowest BCUT2D eigenvalue weighted by molar-refractivity contribution is 0.186. The number of nitrogens with zero attached hydrogens (tertiary/aromatic N) is 3. The number of piperidine rings is 1. The number of aromatic nitrogens is 2. The van der Waals surface area contributed by atoms with Crippen LogP contribution < -0.4 is 15.4 Å². The van der Waals surface area contributed by atoms with Gasteiger partial charge in [-0.3, -0.25) is 0 Å². The van der Waals surface area contributed by atoms with Crippen molar-refractivity contribution in [3.05, 3.63) is 60.9 Å². The smallest absolute Gasteiger partial charge is 0.321 e. The van der Waals surface area contributed by atoms with E-state index in [2.05, 4.69) is 27.5 Å². The predicted octanol–water partition coefficient (Wildman–Crippen LogP) is 5.16. The van der Waals surface area contributed by atoms with E-state index in [0.717, 1.165) is 54.2 Å². The fourth-order valence-corrected chi connectivity index (χ4v) is 3.54. The van der Waals surface area contributed by atoms with Crippen molar-refractivity contribution in [3.8, 4) is 16.9 Å². The van der Waals surface area contributed by atoms with Gasteiger partial charge in [-0.25, -0.2) is 14.8 Å². The predicted molar refractivity (Wildman–Crippen MR) is 123 cm³/mol. The third kappa shape index (κ3) is 5.31. The van der Waals surface area contributed by atoms with E-state index in [0.29, 0.717) is 11.9 Å². The second kappa shape index (κ2) is 9.47. The maximum atomic E-state index is 12.5. The molecule has 1 aliphatic heterocycles. The van der Waals surface area contributed by atoms with Crippen LogP contribution in [-0.2, 0) is 0 Å². The summed E-state index contributed by atoms with van der Waals surface area (Å²) in [6.45, 7) is 3.84. The highest BCUT2D eigenvalue weighted by Gasteiger charge is 2.20. The Labute approximate surface area is 182 Å². The Bertz CT molecular complexity index is 1010. The van der Waals surface area contributed by atoms with E-state index in [4.69, 9.17) is 4.74 Å². The summed E-state index contributed by atoms with van der Waals surface area (Å²) in [5.74, 6) is 1.99. The van der Waals surface area contributed by atoms with E-state index in [1.807, 2.05) is 53.4 Å². The molecule has 7 heteroatoms. The van der Waals surface area contributed by atoms with Gasteiger partial charge in [0.15, 0.2) is 0 Å².